The fourth-order valence-electron chi connectivity index (χ4n) is 1.42. The summed E-state index contributed by atoms with van der Waals surface area (Å²) in [6.07, 6.45) is 1.50. The highest BCUT2D eigenvalue weighted by molar-refractivity contribution is 6.05. The molecule has 0 bridgehead atoms. The first-order valence-electron chi connectivity index (χ1n) is 5.01. The van der Waals surface area contributed by atoms with Gasteiger partial charge in [-0.15, -0.1) is 0 Å². The van der Waals surface area contributed by atoms with Gasteiger partial charge < -0.3 is 5.32 Å². The van der Waals surface area contributed by atoms with E-state index in [4.69, 9.17) is 0 Å². The number of aryl methyl sites for hydroxylation is 1. The second kappa shape index (κ2) is 4.62. The van der Waals surface area contributed by atoms with Crippen LogP contribution >= 0.6 is 0 Å². The van der Waals surface area contributed by atoms with Crippen molar-refractivity contribution in [2.24, 2.45) is 0 Å². The molecule has 0 aromatic carbocycles. The van der Waals surface area contributed by atoms with Crippen molar-refractivity contribution in [1.82, 2.24) is 15.2 Å². The van der Waals surface area contributed by atoms with Crippen LogP contribution in [-0.4, -0.2) is 26.0 Å². The molecule has 0 saturated carbocycles. The molecule has 0 saturated heterocycles. The topological polar surface area (TPSA) is 114 Å². The Hall–Kier alpha value is -2.77. The highest BCUT2D eigenvalue weighted by Gasteiger charge is 2.27. The minimum Gasteiger partial charge on any atom is -0.305 e. The van der Waals surface area contributed by atoms with Crippen molar-refractivity contribution in [2.75, 3.05) is 5.32 Å². The number of carbonyl (C=O) groups excluding carboxylic acids is 1. The number of rotatable bonds is 3. The number of aromatic nitrogens is 3. The van der Waals surface area contributed by atoms with E-state index in [-0.39, 0.29) is 17.1 Å². The quantitative estimate of drug-likeness (QED) is 0.626. The van der Waals surface area contributed by atoms with E-state index in [1.54, 1.807) is 18.2 Å². The normalized spacial score (nSPS) is 10.1. The summed E-state index contributed by atoms with van der Waals surface area (Å²) in [6, 6.07) is 4.95. The largest absolute Gasteiger partial charge is 0.322 e. The van der Waals surface area contributed by atoms with Crippen LogP contribution in [0.2, 0.25) is 0 Å². The van der Waals surface area contributed by atoms with Gasteiger partial charge in [0.05, 0.1) is 4.92 Å². The Morgan fingerprint density at radius 1 is 1.50 bits per heavy atom. The summed E-state index contributed by atoms with van der Waals surface area (Å²) < 4.78 is 0. The van der Waals surface area contributed by atoms with Crippen LogP contribution in [0.5, 0.6) is 0 Å². The van der Waals surface area contributed by atoms with Gasteiger partial charge in [-0.2, -0.15) is 5.10 Å². The number of H-pyrrole nitrogens is 1. The van der Waals surface area contributed by atoms with E-state index < -0.39 is 10.8 Å². The fourth-order valence-corrected chi connectivity index (χ4v) is 1.42. The highest BCUT2D eigenvalue weighted by Crippen LogP contribution is 2.20. The Kier molecular flexibility index (Phi) is 3.00. The van der Waals surface area contributed by atoms with Gasteiger partial charge in [0.15, 0.2) is 0 Å². The third-order valence-corrected chi connectivity index (χ3v) is 2.22. The summed E-state index contributed by atoms with van der Waals surface area (Å²) in [7, 11) is 0. The number of hydrogen-bond acceptors (Lipinski definition) is 5. The maximum Gasteiger partial charge on any atom is 0.322 e. The molecule has 0 fully saturated rings. The van der Waals surface area contributed by atoms with E-state index in [1.807, 2.05) is 0 Å². The minimum atomic E-state index is -0.676. The lowest BCUT2D eigenvalue weighted by Crippen LogP contribution is -2.15. The van der Waals surface area contributed by atoms with E-state index in [1.165, 1.54) is 13.1 Å². The number of hydrogen-bond donors (Lipinski definition) is 2. The van der Waals surface area contributed by atoms with Gasteiger partial charge in [-0.25, -0.2) is 4.98 Å². The Labute approximate surface area is 101 Å². The molecule has 2 rings (SSSR count). The molecule has 2 aromatic rings. The molecule has 8 nitrogen and oxygen atoms in total. The predicted octanol–water partition coefficient (Wildman–Crippen LogP) is 1.27. The molecule has 8 heteroatoms. The van der Waals surface area contributed by atoms with E-state index in [0.717, 1.165) is 0 Å². The molecular weight excluding hydrogens is 238 g/mol. The van der Waals surface area contributed by atoms with Gasteiger partial charge >= 0.3 is 5.69 Å². The van der Waals surface area contributed by atoms with Crippen molar-refractivity contribution in [3.8, 4) is 0 Å². The van der Waals surface area contributed by atoms with Crippen LogP contribution < -0.4 is 5.32 Å². The molecule has 0 spiro atoms. The molecule has 0 unspecified atom stereocenters. The summed E-state index contributed by atoms with van der Waals surface area (Å²) in [5, 5.41) is 19.3. The van der Waals surface area contributed by atoms with Crippen molar-refractivity contribution >= 4 is 17.4 Å². The number of anilines is 1. The lowest BCUT2D eigenvalue weighted by atomic mass is 10.3. The first kappa shape index (κ1) is 11.7. The Bertz CT molecular complexity index is 593. The van der Waals surface area contributed by atoms with Crippen molar-refractivity contribution in [3.05, 3.63) is 45.9 Å². The van der Waals surface area contributed by atoms with Crippen LogP contribution in [0.4, 0.5) is 11.5 Å². The molecule has 0 aliphatic heterocycles. The molecule has 2 N–H and O–H groups in total. The molecule has 1 amide bonds. The lowest BCUT2D eigenvalue weighted by Gasteiger charge is -2.00. The number of carbonyl (C=O) groups is 1. The maximum absolute atomic E-state index is 11.8. The molecule has 2 aromatic heterocycles. The molecule has 0 aliphatic carbocycles. The predicted molar refractivity (Wildman–Crippen MR) is 62.2 cm³/mol. The highest BCUT2D eigenvalue weighted by atomic mass is 16.6. The van der Waals surface area contributed by atoms with E-state index in [2.05, 4.69) is 20.5 Å². The third-order valence-electron chi connectivity index (χ3n) is 2.22. The van der Waals surface area contributed by atoms with Gasteiger partial charge in [0, 0.05) is 6.20 Å². The maximum atomic E-state index is 11.8. The van der Waals surface area contributed by atoms with Gasteiger partial charge in [0.1, 0.15) is 11.5 Å². The van der Waals surface area contributed by atoms with Crippen molar-refractivity contribution in [3.63, 3.8) is 0 Å². The van der Waals surface area contributed by atoms with Crippen LogP contribution in [-0.2, 0) is 0 Å². The molecular formula is C10H9N5O3. The zero-order chi connectivity index (χ0) is 13.1. The van der Waals surface area contributed by atoms with Crippen LogP contribution in [0.3, 0.4) is 0 Å². The Morgan fingerprint density at radius 2 is 2.28 bits per heavy atom. The SMILES string of the molecule is Cc1[nH]nc(C(=O)Nc2ccccn2)c1[N+](=O)[O-]. The summed E-state index contributed by atoms with van der Waals surface area (Å²) >= 11 is 0. The second-order valence-electron chi connectivity index (χ2n) is 3.47. The number of nitro groups is 1. The monoisotopic (exact) mass is 247 g/mol. The van der Waals surface area contributed by atoms with E-state index in [0.29, 0.717) is 5.82 Å². The number of nitrogens with zero attached hydrogens (tertiary/aromatic N) is 3. The fraction of sp³-hybridized carbons (Fsp3) is 0.100. The minimum absolute atomic E-state index is 0.228. The summed E-state index contributed by atoms with van der Waals surface area (Å²) in [5.41, 5.74) is -0.363. The van der Waals surface area contributed by atoms with Crippen LogP contribution in [0.25, 0.3) is 0 Å². The molecule has 0 radical (unpaired) electrons. The first-order valence-corrected chi connectivity index (χ1v) is 5.01. The molecule has 18 heavy (non-hydrogen) atoms. The van der Waals surface area contributed by atoms with Gasteiger partial charge in [-0.1, -0.05) is 6.07 Å². The number of amides is 1. The lowest BCUT2D eigenvalue weighted by molar-refractivity contribution is -0.385. The second-order valence-corrected chi connectivity index (χ2v) is 3.47. The number of nitrogens with one attached hydrogen (secondary N) is 2. The Morgan fingerprint density at radius 3 is 2.89 bits per heavy atom. The number of pyridine rings is 1. The standard InChI is InChI=1S/C10H9N5O3/c1-6-9(15(17)18)8(14-13-6)10(16)12-7-4-2-3-5-11-7/h2-5H,1H3,(H,13,14)(H,11,12,16). The molecule has 0 atom stereocenters. The van der Waals surface area contributed by atoms with Gasteiger partial charge in [0.25, 0.3) is 5.91 Å². The van der Waals surface area contributed by atoms with Gasteiger partial charge in [-0.3, -0.25) is 20.0 Å². The zero-order valence-electron chi connectivity index (χ0n) is 9.38. The summed E-state index contributed by atoms with van der Waals surface area (Å²) in [4.78, 5) is 25.9. The number of aromatic amines is 1. The van der Waals surface area contributed by atoms with Crippen molar-refractivity contribution < 1.29 is 9.72 Å². The third kappa shape index (κ3) is 2.17. The first-order chi connectivity index (χ1) is 8.59. The zero-order valence-corrected chi connectivity index (χ0v) is 9.38. The van der Waals surface area contributed by atoms with E-state index >= 15 is 0 Å². The van der Waals surface area contributed by atoms with Crippen LogP contribution in [0.15, 0.2) is 24.4 Å². The van der Waals surface area contributed by atoms with Crippen LogP contribution in [0, 0.1) is 17.0 Å². The molecule has 92 valence electrons. The average molecular weight is 247 g/mol. The van der Waals surface area contributed by atoms with Crippen molar-refractivity contribution in [2.45, 2.75) is 6.92 Å². The van der Waals surface area contributed by atoms with E-state index in [9.17, 15) is 14.9 Å². The van der Waals surface area contributed by atoms with Gasteiger partial charge in [-0.05, 0) is 19.1 Å². The molecule has 0 aliphatic rings. The summed E-state index contributed by atoms with van der Waals surface area (Å²) in [5.74, 6) is -0.373. The van der Waals surface area contributed by atoms with Crippen molar-refractivity contribution in [1.29, 1.82) is 0 Å². The summed E-state index contributed by atoms with van der Waals surface area (Å²) in [6.45, 7) is 1.47. The molecule has 2 heterocycles. The van der Waals surface area contributed by atoms with Crippen LogP contribution in [0.1, 0.15) is 16.2 Å². The smallest absolute Gasteiger partial charge is 0.305 e. The average Bonchev–Trinajstić information content (AvgIpc) is 2.72. The van der Waals surface area contributed by atoms with Gasteiger partial charge in [0.2, 0.25) is 5.69 Å². The Balaban J connectivity index is 2.27.